The van der Waals surface area contributed by atoms with Gasteiger partial charge in [0, 0.05) is 38.8 Å². The molecule has 0 aliphatic rings. The molecule has 0 saturated carbocycles. The van der Waals surface area contributed by atoms with Crippen LogP contribution in [0.3, 0.4) is 0 Å². The molecule has 3 aromatic rings. The molecule has 7 heteroatoms. The molecular formula is C13H17N7. The zero-order valence-electron chi connectivity index (χ0n) is 11.4. The zero-order chi connectivity index (χ0) is 14.4. The van der Waals surface area contributed by atoms with Crippen LogP contribution in [0.2, 0.25) is 0 Å². The first-order valence-electron chi connectivity index (χ1n) is 6.05. The fourth-order valence-corrected chi connectivity index (χ4v) is 1.50. The van der Waals surface area contributed by atoms with E-state index in [1.165, 1.54) is 0 Å². The molecule has 0 saturated heterocycles. The molecule has 3 heterocycles. The van der Waals surface area contributed by atoms with Crippen molar-refractivity contribution in [3.05, 3.63) is 49.1 Å². The average Bonchev–Trinajstić information content (AvgIpc) is 3.00. The molecule has 0 fully saturated rings. The summed E-state index contributed by atoms with van der Waals surface area (Å²) in [5, 5.41) is 11.1. The number of nitrogens with zero attached hydrogens (tertiary/aromatic N) is 5. The van der Waals surface area contributed by atoms with E-state index in [0.29, 0.717) is 5.82 Å². The van der Waals surface area contributed by atoms with Crippen molar-refractivity contribution in [2.45, 2.75) is 0 Å². The van der Waals surface area contributed by atoms with Crippen molar-refractivity contribution < 1.29 is 0 Å². The lowest BCUT2D eigenvalue weighted by molar-refractivity contribution is 0.771. The molecule has 3 rings (SSSR count). The van der Waals surface area contributed by atoms with Crippen LogP contribution >= 0.6 is 0 Å². The highest BCUT2D eigenvalue weighted by Gasteiger charge is 1.95. The number of nitrogens with one attached hydrogen (secondary N) is 1. The largest absolute Gasteiger partial charge is 0.382 e. The zero-order valence-corrected chi connectivity index (χ0v) is 11.4. The van der Waals surface area contributed by atoms with Crippen LogP contribution in [0.4, 0.5) is 17.3 Å². The van der Waals surface area contributed by atoms with E-state index in [-0.39, 0.29) is 0 Å². The summed E-state index contributed by atoms with van der Waals surface area (Å²) in [7, 11) is 3.71. The van der Waals surface area contributed by atoms with Crippen LogP contribution in [-0.4, -0.2) is 24.5 Å². The van der Waals surface area contributed by atoms with Gasteiger partial charge in [-0.1, -0.05) is 0 Å². The lowest BCUT2D eigenvalue weighted by Gasteiger charge is -1.99. The van der Waals surface area contributed by atoms with Gasteiger partial charge in [0.2, 0.25) is 0 Å². The van der Waals surface area contributed by atoms with Gasteiger partial charge in [-0.05, 0) is 18.2 Å². The first-order chi connectivity index (χ1) is 9.63. The van der Waals surface area contributed by atoms with E-state index in [1.807, 2.05) is 38.5 Å². The molecule has 3 N–H and O–H groups in total. The molecule has 0 aliphatic carbocycles. The van der Waals surface area contributed by atoms with Crippen LogP contribution < -0.4 is 11.1 Å². The van der Waals surface area contributed by atoms with Gasteiger partial charge in [0.15, 0.2) is 5.82 Å². The Hall–Kier alpha value is -2.83. The van der Waals surface area contributed by atoms with E-state index in [2.05, 4.69) is 20.5 Å². The molecule has 0 aromatic carbocycles. The summed E-state index contributed by atoms with van der Waals surface area (Å²) in [6, 6.07) is 7.49. The number of pyridine rings is 1. The minimum absolute atomic E-state index is 0.572. The van der Waals surface area contributed by atoms with Crippen LogP contribution in [0.25, 0.3) is 0 Å². The fourth-order valence-electron chi connectivity index (χ4n) is 1.50. The molecule has 0 amide bonds. The van der Waals surface area contributed by atoms with Gasteiger partial charge in [0.25, 0.3) is 0 Å². The predicted molar refractivity (Wildman–Crippen MR) is 78.3 cm³/mol. The highest BCUT2D eigenvalue weighted by atomic mass is 15.3. The monoisotopic (exact) mass is 271 g/mol. The molecule has 104 valence electrons. The number of nitrogen functional groups attached to an aromatic ring is 1. The van der Waals surface area contributed by atoms with Crippen LogP contribution in [0.1, 0.15) is 0 Å². The smallest absolute Gasteiger partial charge is 0.152 e. The van der Waals surface area contributed by atoms with E-state index in [4.69, 9.17) is 5.73 Å². The van der Waals surface area contributed by atoms with Gasteiger partial charge in [0.1, 0.15) is 5.82 Å². The summed E-state index contributed by atoms with van der Waals surface area (Å²) >= 11 is 0. The Balaban J connectivity index is 0.000000178. The Bertz CT molecular complexity index is 625. The number of nitrogens with two attached hydrogens (primary N) is 1. The number of rotatable bonds is 2. The average molecular weight is 271 g/mol. The fraction of sp³-hybridized carbons (Fsp3) is 0.154. The van der Waals surface area contributed by atoms with Crippen molar-refractivity contribution in [1.82, 2.24) is 24.5 Å². The maximum atomic E-state index is 5.25. The van der Waals surface area contributed by atoms with Crippen molar-refractivity contribution in [2.24, 2.45) is 14.1 Å². The third-order valence-corrected chi connectivity index (χ3v) is 2.38. The number of anilines is 3. The second-order valence-electron chi connectivity index (χ2n) is 4.16. The van der Waals surface area contributed by atoms with E-state index in [0.717, 1.165) is 11.5 Å². The highest BCUT2D eigenvalue weighted by molar-refractivity contribution is 5.53. The van der Waals surface area contributed by atoms with Gasteiger partial charge in [0.05, 0.1) is 11.9 Å². The maximum Gasteiger partial charge on any atom is 0.152 e. The second-order valence-corrected chi connectivity index (χ2v) is 4.16. The second kappa shape index (κ2) is 6.37. The number of hydrogen-bond donors (Lipinski definition) is 2. The summed E-state index contributed by atoms with van der Waals surface area (Å²) < 4.78 is 3.41. The molecule has 7 nitrogen and oxygen atoms in total. The highest BCUT2D eigenvalue weighted by Crippen LogP contribution is 2.11. The quantitative estimate of drug-likeness (QED) is 0.738. The molecule has 0 aliphatic heterocycles. The van der Waals surface area contributed by atoms with Gasteiger partial charge < -0.3 is 11.1 Å². The molecule has 0 unspecified atom stereocenters. The van der Waals surface area contributed by atoms with Crippen molar-refractivity contribution in [3.63, 3.8) is 0 Å². The van der Waals surface area contributed by atoms with Crippen molar-refractivity contribution >= 4 is 17.3 Å². The van der Waals surface area contributed by atoms with E-state index < -0.39 is 0 Å². The van der Waals surface area contributed by atoms with E-state index in [9.17, 15) is 0 Å². The Morgan fingerprint density at radius 3 is 2.25 bits per heavy atom. The van der Waals surface area contributed by atoms with Crippen LogP contribution in [0.5, 0.6) is 0 Å². The van der Waals surface area contributed by atoms with Gasteiger partial charge in [-0.2, -0.15) is 10.2 Å². The predicted octanol–water partition coefficient (Wildman–Crippen LogP) is 1.56. The SMILES string of the molecule is Cn1ccc(N)n1.Cn1ccc(Nc2cccnc2)n1. The number of aryl methyl sites for hydroxylation is 2. The number of hydrogen-bond acceptors (Lipinski definition) is 5. The van der Waals surface area contributed by atoms with E-state index in [1.54, 1.807) is 34.0 Å². The standard InChI is InChI=1S/C9H10N4.C4H7N3/c1-13-6-4-9(12-13)11-8-3-2-5-10-7-8;1-7-3-2-4(5)6-7/h2-7H,1H3,(H,11,12);2-3H,1H3,(H2,5,6). The minimum atomic E-state index is 0.572. The first kappa shape index (κ1) is 13.6. The van der Waals surface area contributed by atoms with Gasteiger partial charge >= 0.3 is 0 Å². The van der Waals surface area contributed by atoms with Crippen molar-refractivity contribution in [2.75, 3.05) is 11.1 Å². The Kier molecular flexibility index (Phi) is 4.33. The van der Waals surface area contributed by atoms with Gasteiger partial charge in [-0.25, -0.2) is 0 Å². The summed E-state index contributed by atoms with van der Waals surface area (Å²) in [5.74, 6) is 1.40. The lowest BCUT2D eigenvalue weighted by Crippen LogP contribution is -1.93. The molecule has 0 atom stereocenters. The first-order valence-corrected chi connectivity index (χ1v) is 6.05. The van der Waals surface area contributed by atoms with Crippen LogP contribution in [0, 0.1) is 0 Å². The van der Waals surface area contributed by atoms with Crippen LogP contribution in [-0.2, 0) is 14.1 Å². The van der Waals surface area contributed by atoms with E-state index >= 15 is 0 Å². The van der Waals surface area contributed by atoms with Crippen molar-refractivity contribution in [3.8, 4) is 0 Å². The molecule has 0 spiro atoms. The number of aromatic nitrogens is 5. The topological polar surface area (TPSA) is 86.6 Å². The third kappa shape index (κ3) is 4.13. The van der Waals surface area contributed by atoms with Gasteiger partial charge in [-0.15, -0.1) is 0 Å². The van der Waals surface area contributed by atoms with Crippen LogP contribution in [0.15, 0.2) is 49.1 Å². The summed E-state index contributed by atoms with van der Waals surface area (Å²) in [6.07, 6.45) is 7.19. The Morgan fingerprint density at radius 2 is 1.80 bits per heavy atom. The molecular weight excluding hydrogens is 254 g/mol. The Morgan fingerprint density at radius 1 is 1.05 bits per heavy atom. The lowest BCUT2D eigenvalue weighted by atomic mass is 10.4. The molecule has 20 heavy (non-hydrogen) atoms. The summed E-state index contributed by atoms with van der Waals surface area (Å²) in [6.45, 7) is 0. The minimum Gasteiger partial charge on any atom is -0.382 e. The Labute approximate surface area is 117 Å². The molecule has 3 aromatic heterocycles. The maximum absolute atomic E-state index is 5.25. The summed E-state index contributed by atoms with van der Waals surface area (Å²) in [4.78, 5) is 3.99. The normalized spacial score (nSPS) is 9.70. The van der Waals surface area contributed by atoms with Gasteiger partial charge in [-0.3, -0.25) is 14.3 Å². The third-order valence-electron chi connectivity index (χ3n) is 2.38. The van der Waals surface area contributed by atoms with Crippen molar-refractivity contribution in [1.29, 1.82) is 0 Å². The molecule has 0 radical (unpaired) electrons. The summed E-state index contributed by atoms with van der Waals surface area (Å²) in [5.41, 5.74) is 6.19. The molecule has 0 bridgehead atoms.